The molecule has 2 atom stereocenters. The van der Waals surface area contributed by atoms with Crippen molar-refractivity contribution >= 4 is 7.14 Å². The number of ether oxygens (including phenoxy) is 2. The first-order valence-electron chi connectivity index (χ1n) is 18.2. The van der Waals surface area contributed by atoms with Gasteiger partial charge in [-0.25, -0.2) is 0 Å². The molecule has 0 aromatic heterocycles. The lowest BCUT2D eigenvalue weighted by atomic mass is 9.94. The second-order valence-electron chi connectivity index (χ2n) is 8.90. The number of allylic oxidation sites excluding steroid dienone is 18. The maximum Gasteiger partial charge on any atom is 0.184 e. The molecule has 0 amide bonds. The second-order valence-corrected chi connectivity index (χ2v) is 11.5. The predicted octanol–water partition coefficient (Wildman–Crippen LogP) is 15.9. The largest absolute Gasteiger partial charge is 0.464 e. The average molecular weight is 669 g/mol. The fourth-order valence-electron chi connectivity index (χ4n) is 4.72. The van der Waals surface area contributed by atoms with Crippen LogP contribution < -0.4 is 0 Å². The van der Waals surface area contributed by atoms with Crippen LogP contribution in [0, 0.1) is 5.92 Å². The van der Waals surface area contributed by atoms with Gasteiger partial charge in [0, 0.05) is 5.92 Å². The molecule has 2 unspecified atom stereocenters. The van der Waals surface area contributed by atoms with E-state index in [1.165, 1.54) is 5.57 Å². The van der Waals surface area contributed by atoms with Crippen LogP contribution in [-0.4, -0.2) is 0 Å². The van der Waals surface area contributed by atoms with E-state index in [4.69, 9.17) is 9.47 Å². The molecule has 0 bridgehead atoms. The second kappa shape index (κ2) is 29.1. The summed E-state index contributed by atoms with van der Waals surface area (Å²) in [4.78, 5) is 0. The van der Waals surface area contributed by atoms with E-state index >= 15 is 4.57 Å². The van der Waals surface area contributed by atoms with Gasteiger partial charge < -0.3 is 14.0 Å². The topological polar surface area (TPSA) is 35.5 Å². The fraction of sp³-hybridized carbons (Fsp3) is 0.488. The Morgan fingerprint density at radius 3 is 1.87 bits per heavy atom. The number of fused-ring (bicyclic) bond motifs is 2. The minimum atomic E-state index is -3.25. The van der Waals surface area contributed by atoms with E-state index in [0.29, 0.717) is 27.9 Å². The minimum absolute atomic E-state index is 0.0119. The van der Waals surface area contributed by atoms with Crippen LogP contribution in [0.4, 0.5) is 0 Å². The van der Waals surface area contributed by atoms with Crippen LogP contribution in [0.1, 0.15) is 138 Å². The minimum Gasteiger partial charge on any atom is -0.464 e. The summed E-state index contributed by atoms with van der Waals surface area (Å²) in [6, 6.07) is 0. The average Bonchev–Trinajstić information content (AvgIpc) is 3.46. The van der Waals surface area contributed by atoms with Crippen LogP contribution in [0.5, 0.6) is 0 Å². The Labute approximate surface area is 293 Å². The standard InChI is InChI=1S/C31H37O3P.6C2H6/c1-10-14-16-20(5)21(6)18-28-23(8)33-27(13-4)31-24(9)34-30-22(7)26(19-29(30)35(28,31)32)25(12-3)17-15-11-2;6*1-2/h10-11,13-19,22H,1,5,12H2,2-4,6-9H3;6*1-2H3/b15-11-,16-14-,21-18+,25-17+,27-13+;;;;;;. The van der Waals surface area contributed by atoms with Gasteiger partial charge >= 0.3 is 0 Å². The smallest absolute Gasteiger partial charge is 0.184 e. The monoisotopic (exact) mass is 669 g/mol. The third kappa shape index (κ3) is 12.8. The number of hydrogen-bond acceptors (Lipinski definition) is 3. The quantitative estimate of drug-likeness (QED) is 0.200. The first-order chi connectivity index (χ1) is 22.6. The molecule has 0 aromatic carbocycles. The van der Waals surface area contributed by atoms with E-state index < -0.39 is 7.14 Å². The zero-order valence-electron chi connectivity index (χ0n) is 34.1. The van der Waals surface area contributed by atoms with Crippen LogP contribution in [-0.2, 0) is 14.0 Å². The summed E-state index contributed by atoms with van der Waals surface area (Å²) < 4.78 is 28.0. The molecule has 2 heterocycles. The molecular weight excluding hydrogens is 595 g/mol. The third-order valence-electron chi connectivity index (χ3n) is 6.65. The van der Waals surface area contributed by atoms with Crippen molar-refractivity contribution in [2.45, 2.75) is 138 Å². The molecule has 0 saturated heterocycles. The summed E-state index contributed by atoms with van der Waals surface area (Å²) in [5, 5.41) is 2.11. The molecular formula is C43H73O3P. The van der Waals surface area contributed by atoms with Crippen molar-refractivity contribution in [1.29, 1.82) is 0 Å². The number of hydrogen-bond donors (Lipinski definition) is 0. The van der Waals surface area contributed by atoms with Gasteiger partial charge in [0.1, 0.15) is 28.4 Å². The molecule has 3 rings (SSSR count). The van der Waals surface area contributed by atoms with Crippen molar-refractivity contribution in [2.24, 2.45) is 5.92 Å². The van der Waals surface area contributed by atoms with E-state index in [1.807, 2.05) is 148 Å². The van der Waals surface area contributed by atoms with Gasteiger partial charge in [0.05, 0.1) is 10.6 Å². The van der Waals surface area contributed by atoms with Crippen LogP contribution in [0.2, 0.25) is 0 Å². The van der Waals surface area contributed by atoms with E-state index in [9.17, 15) is 0 Å². The lowest BCUT2D eigenvalue weighted by Crippen LogP contribution is -2.16. The maximum atomic E-state index is 15.4. The highest BCUT2D eigenvalue weighted by Gasteiger charge is 2.50. The zero-order chi connectivity index (χ0) is 37.9. The van der Waals surface area contributed by atoms with Gasteiger partial charge in [0.2, 0.25) is 0 Å². The zero-order valence-corrected chi connectivity index (χ0v) is 35.0. The lowest BCUT2D eigenvalue weighted by Gasteiger charge is -2.36. The summed E-state index contributed by atoms with van der Waals surface area (Å²) in [7, 11) is -3.25. The van der Waals surface area contributed by atoms with E-state index in [1.54, 1.807) is 6.08 Å². The van der Waals surface area contributed by atoms with Gasteiger partial charge in [-0.15, -0.1) is 0 Å². The molecule has 3 nitrogen and oxygen atoms in total. The van der Waals surface area contributed by atoms with Gasteiger partial charge in [0.15, 0.2) is 7.14 Å². The van der Waals surface area contributed by atoms with Crippen molar-refractivity contribution < 1.29 is 14.0 Å². The molecule has 268 valence electrons. The highest BCUT2D eigenvalue weighted by molar-refractivity contribution is 7.77. The van der Waals surface area contributed by atoms with E-state index in [2.05, 4.69) is 45.2 Å². The molecule has 47 heavy (non-hydrogen) atoms. The fourth-order valence-corrected chi connectivity index (χ4v) is 8.17. The number of rotatable bonds is 7. The predicted molar refractivity (Wildman–Crippen MR) is 217 cm³/mol. The molecule has 2 aliphatic heterocycles. The molecule has 0 radical (unpaired) electrons. The molecule has 0 fully saturated rings. The Balaban J connectivity index is -0.000000692. The SMILES string of the molecule is C=C/C=C\C(=C)/C(C)=C/C1=C(C)O/C(=C/C)C2=C(C)OC3=C(C=C(/C(=C/C=C\C)CC)C3C)P12=O.CC.CC.CC.CC.CC.CC. The highest BCUT2D eigenvalue weighted by atomic mass is 31.2. The molecule has 0 aromatic rings. The summed E-state index contributed by atoms with van der Waals surface area (Å²) >= 11 is 0. The lowest BCUT2D eigenvalue weighted by molar-refractivity contribution is 0.259. The van der Waals surface area contributed by atoms with Gasteiger partial charge in [-0.3, -0.25) is 0 Å². The Bertz CT molecular complexity index is 1280. The first kappa shape index (κ1) is 50.8. The van der Waals surface area contributed by atoms with Gasteiger partial charge in [-0.1, -0.05) is 147 Å². The van der Waals surface area contributed by atoms with Gasteiger partial charge in [0.25, 0.3) is 0 Å². The maximum absolute atomic E-state index is 15.4. The van der Waals surface area contributed by atoms with E-state index in [-0.39, 0.29) is 5.92 Å². The molecule has 0 N–H and O–H groups in total. The summed E-state index contributed by atoms with van der Waals surface area (Å²) in [5.41, 5.74) is 4.13. The summed E-state index contributed by atoms with van der Waals surface area (Å²) in [6.07, 6.45) is 18.5. The van der Waals surface area contributed by atoms with Crippen LogP contribution in [0.25, 0.3) is 0 Å². The summed E-state index contributed by atoms with van der Waals surface area (Å²) in [6.45, 7) is 45.8. The molecule has 1 aliphatic carbocycles. The molecule has 0 saturated carbocycles. The normalized spacial score (nSPS) is 20.4. The van der Waals surface area contributed by atoms with Crippen LogP contribution >= 0.6 is 7.14 Å². The molecule has 0 spiro atoms. The van der Waals surface area contributed by atoms with Crippen molar-refractivity contribution in [2.75, 3.05) is 0 Å². The van der Waals surface area contributed by atoms with Crippen molar-refractivity contribution in [1.82, 2.24) is 0 Å². The Morgan fingerprint density at radius 2 is 1.43 bits per heavy atom. The van der Waals surface area contributed by atoms with Crippen LogP contribution in [0.3, 0.4) is 0 Å². The third-order valence-corrected chi connectivity index (χ3v) is 9.96. The first-order valence-corrected chi connectivity index (χ1v) is 19.9. The van der Waals surface area contributed by atoms with Crippen molar-refractivity contribution in [3.63, 3.8) is 0 Å². The highest BCUT2D eigenvalue weighted by Crippen LogP contribution is 2.77. The van der Waals surface area contributed by atoms with E-state index in [0.717, 1.165) is 34.2 Å². The van der Waals surface area contributed by atoms with Gasteiger partial charge in [-0.2, -0.15) is 0 Å². The van der Waals surface area contributed by atoms with Crippen molar-refractivity contribution in [3.05, 3.63) is 129 Å². The molecule has 3 aliphatic rings. The van der Waals surface area contributed by atoms with Crippen molar-refractivity contribution in [3.8, 4) is 0 Å². The Hall–Kier alpha value is -3.03. The molecule has 4 heteroatoms. The van der Waals surface area contributed by atoms with Crippen LogP contribution in [0.15, 0.2) is 129 Å². The Kier molecular flexibility index (Phi) is 31.5. The summed E-state index contributed by atoms with van der Waals surface area (Å²) in [5.74, 6) is 2.67. The Morgan fingerprint density at radius 1 is 0.894 bits per heavy atom. The van der Waals surface area contributed by atoms with Gasteiger partial charge in [-0.05, 0) is 81.6 Å².